The summed E-state index contributed by atoms with van der Waals surface area (Å²) in [6.07, 6.45) is 0.0379. The minimum Gasteiger partial charge on any atom is -0.496 e. The lowest BCUT2D eigenvalue weighted by molar-refractivity contribution is -0.142. The zero-order valence-electron chi connectivity index (χ0n) is 11.9. The number of carboxylic acid groups (broad SMARTS) is 1. The molecule has 0 radical (unpaired) electrons. The molecule has 0 bridgehead atoms. The van der Waals surface area contributed by atoms with Gasteiger partial charge in [-0.3, -0.25) is 9.59 Å². The lowest BCUT2D eigenvalue weighted by Crippen LogP contribution is -2.36. The van der Waals surface area contributed by atoms with Crippen LogP contribution in [0.3, 0.4) is 0 Å². The Hall–Kier alpha value is -2.04. The van der Waals surface area contributed by atoms with Crippen LogP contribution in [0.15, 0.2) is 24.3 Å². The number of methoxy groups -OCH3 is 1. The van der Waals surface area contributed by atoms with Crippen LogP contribution < -0.4 is 4.74 Å². The number of aliphatic carboxylic acids is 1. The Morgan fingerprint density at radius 2 is 2.05 bits per heavy atom. The summed E-state index contributed by atoms with van der Waals surface area (Å²) in [4.78, 5) is 25.3. The molecule has 108 valence electrons. The number of amides is 1. The molecule has 1 saturated heterocycles. The number of ether oxygens (including phenoxy) is 1. The molecule has 0 saturated carbocycles. The number of rotatable bonds is 4. The van der Waals surface area contributed by atoms with Gasteiger partial charge in [0.25, 0.3) is 0 Å². The van der Waals surface area contributed by atoms with Crippen LogP contribution in [0.2, 0.25) is 0 Å². The summed E-state index contributed by atoms with van der Waals surface area (Å²) in [6.45, 7) is 3.79. The maximum Gasteiger partial charge on any atom is 0.309 e. The Bertz CT molecular complexity index is 526. The summed E-state index contributed by atoms with van der Waals surface area (Å²) in [5.41, 5.74) is 0.752. The molecule has 1 aliphatic heterocycles. The van der Waals surface area contributed by atoms with E-state index < -0.39 is 17.9 Å². The minimum atomic E-state index is -0.947. The smallest absolute Gasteiger partial charge is 0.309 e. The number of benzene rings is 1. The van der Waals surface area contributed by atoms with Crippen LogP contribution in [-0.4, -0.2) is 35.0 Å². The number of carbonyl (C=O) groups excluding carboxylic acids is 1. The Morgan fingerprint density at radius 3 is 2.60 bits per heavy atom. The maximum atomic E-state index is 12.1. The Morgan fingerprint density at radius 1 is 1.40 bits per heavy atom. The molecule has 1 amide bonds. The summed E-state index contributed by atoms with van der Waals surface area (Å²) in [7, 11) is 1.55. The van der Waals surface area contributed by atoms with Crippen molar-refractivity contribution in [2.45, 2.75) is 32.4 Å². The van der Waals surface area contributed by atoms with Crippen LogP contribution >= 0.6 is 0 Å². The molecule has 1 N–H and O–H groups in total. The average molecular weight is 277 g/mol. The van der Waals surface area contributed by atoms with Crippen molar-refractivity contribution in [3.8, 4) is 5.75 Å². The SMILES string of the molecule is COc1ccccc1[C@@H]1[C@H](C(=O)O)CC(=O)N1C(C)C. The largest absolute Gasteiger partial charge is 0.496 e. The fraction of sp³-hybridized carbons (Fsp3) is 0.467. The highest BCUT2D eigenvalue weighted by Crippen LogP contribution is 2.42. The van der Waals surface area contributed by atoms with Crippen LogP contribution in [0.5, 0.6) is 5.75 Å². The fourth-order valence-corrected chi connectivity index (χ4v) is 2.86. The second kappa shape index (κ2) is 5.53. The van der Waals surface area contributed by atoms with Crippen LogP contribution in [0, 0.1) is 5.92 Å². The van der Waals surface area contributed by atoms with E-state index in [9.17, 15) is 14.7 Å². The first kappa shape index (κ1) is 14.4. The fourth-order valence-electron chi connectivity index (χ4n) is 2.86. The standard InChI is InChI=1S/C15H19NO4/c1-9(2)16-13(17)8-11(15(18)19)14(16)10-6-4-5-7-12(10)20-3/h4-7,9,11,14H,8H2,1-3H3,(H,18,19)/t11-,14-/m1/s1. The third-order valence-electron chi connectivity index (χ3n) is 3.69. The van der Waals surface area contributed by atoms with Crippen molar-refractivity contribution in [3.05, 3.63) is 29.8 Å². The zero-order valence-corrected chi connectivity index (χ0v) is 11.9. The predicted molar refractivity (Wildman–Crippen MR) is 73.5 cm³/mol. The maximum absolute atomic E-state index is 12.1. The first-order valence-electron chi connectivity index (χ1n) is 6.64. The number of carboxylic acids is 1. The number of likely N-dealkylation sites (tertiary alicyclic amines) is 1. The highest BCUT2D eigenvalue weighted by atomic mass is 16.5. The predicted octanol–water partition coefficient (Wildman–Crippen LogP) is 2.08. The van der Waals surface area contributed by atoms with Gasteiger partial charge in [0, 0.05) is 18.0 Å². The first-order chi connectivity index (χ1) is 9.47. The number of nitrogens with zero attached hydrogens (tertiary/aromatic N) is 1. The quantitative estimate of drug-likeness (QED) is 0.915. The van der Waals surface area contributed by atoms with Crippen molar-refractivity contribution in [2.24, 2.45) is 5.92 Å². The van der Waals surface area contributed by atoms with Crippen molar-refractivity contribution in [1.29, 1.82) is 0 Å². The molecular formula is C15H19NO4. The van der Waals surface area contributed by atoms with Gasteiger partial charge in [0.1, 0.15) is 5.75 Å². The van der Waals surface area contributed by atoms with E-state index in [-0.39, 0.29) is 18.4 Å². The summed E-state index contributed by atoms with van der Waals surface area (Å²) in [6, 6.07) is 6.74. The molecule has 1 aromatic carbocycles. The number of para-hydroxylation sites is 1. The van der Waals surface area contributed by atoms with E-state index in [1.54, 1.807) is 18.1 Å². The van der Waals surface area contributed by atoms with Crippen LogP contribution in [0.4, 0.5) is 0 Å². The highest BCUT2D eigenvalue weighted by molar-refractivity contribution is 5.87. The van der Waals surface area contributed by atoms with E-state index >= 15 is 0 Å². The molecule has 0 unspecified atom stereocenters. The van der Waals surface area contributed by atoms with E-state index in [4.69, 9.17) is 4.74 Å². The van der Waals surface area contributed by atoms with Crippen molar-refractivity contribution < 1.29 is 19.4 Å². The highest BCUT2D eigenvalue weighted by Gasteiger charge is 2.46. The van der Waals surface area contributed by atoms with Gasteiger partial charge in [0.05, 0.1) is 19.1 Å². The molecule has 0 spiro atoms. The second-order valence-corrected chi connectivity index (χ2v) is 5.23. The molecule has 2 atom stereocenters. The van der Waals surface area contributed by atoms with Gasteiger partial charge in [-0.05, 0) is 19.9 Å². The average Bonchev–Trinajstić information content (AvgIpc) is 2.76. The molecule has 0 aliphatic carbocycles. The lowest BCUT2D eigenvalue weighted by Gasteiger charge is -2.31. The van der Waals surface area contributed by atoms with Gasteiger partial charge in [0.15, 0.2) is 0 Å². The molecule has 0 aromatic heterocycles. The third kappa shape index (κ3) is 2.35. The second-order valence-electron chi connectivity index (χ2n) is 5.23. The number of hydrogen-bond donors (Lipinski definition) is 1. The summed E-state index contributed by atoms with van der Waals surface area (Å²) in [5.74, 6) is -1.19. The third-order valence-corrected chi connectivity index (χ3v) is 3.69. The lowest BCUT2D eigenvalue weighted by atomic mass is 9.92. The van der Waals surface area contributed by atoms with Gasteiger partial charge >= 0.3 is 5.97 Å². The first-order valence-corrected chi connectivity index (χ1v) is 6.64. The van der Waals surface area contributed by atoms with Crippen LogP contribution in [0.1, 0.15) is 31.9 Å². The van der Waals surface area contributed by atoms with Crippen LogP contribution in [-0.2, 0) is 9.59 Å². The summed E-state index contributed by atoms with van der Waals surface area (Å²) in [5, 5.41) is 9.41. The molecule has 2 rings (SSSR count). The molecule has 1 aliphatic rings. The van der Waals surface area contributed by atoms with Crippen LogP contribution in [0.25, 0.3) is 0 Å². The van der Waals surface area contributed by atoms with E-state index in [2.05, 4.69) is 0 Å². The van der Waals surface area contributed by atoms with Gasteiger partial charge in [0.2, 0.25) is 5.91 Å². The number of hydrogen-bond acceptors (Lipinski definition) is 3. The van der Waals surface area contributed by atoms with E-state index in [1.807, 2.05) is 32.0 Å². The molecular weight excluding hydrogens is 258 g/mol. The molecule has 20 heavy (non-hydrogen) atoms. The Kier molecular flexibility index (Phi) is 3.97. The molecule has 1 aromatic rings. The monoisotopic (exact) mass is 277 g/mol. The molecule has 5 heteroatoms. The Balaban J connectivity index is 2.52. The molecule has 1 fully saturated rings. The normalized spacial score (nSPS) is 22.4. The zero-order chi connectivity index (χ0) is 14.9. The summed E-state index contributed by atoms with van der Waals surface area (Å²) < 4.78 is 5.32. The summed E-state index contributed by atoms with van der Waals surface area (Å²) >= 11 is 0. The van der Waals surface area contributed by atoms with Gasteiger partial charge in [-0.15, -0.1) is 0 Å². The van der Waals surface area contributed by atoms with Gasteiger partial charge < -0.3 is 14.7 Å². The molecule has 5 nitrogen and oxygen atoms in total. The Labute approximate surface area is 118 Å². The minimum absolute atomic E-state index is 0.0379. The number of carbonyl (C=O) groups is 2. The van der Waals surface area contributed by atoms with E-state index in [1.165, 1.54) is 0 Å². The molecule has 1 heterocycles. The van der Waals surface area contributed by atoms with Crippen molar-refractivity contribution in [1.82, 2.24) is 4.90 Å². The van der Waals surface area contributed by atoms with E-state index in [0.29, 0.717) is 5.75 Å². The van der Waals surface area contributed by atoms with Gasteiger partial charge in [-0.2, -0.15) is 0 Å². The van der Waals surface area contributed by atoms with Gasteiger partial charge in [-0.25, -0.2) is 0 Å². The topological polar surface area (TPSA) is 66.8 Å². The van der Waals surface area contributed by atoms with Crippen molar-refractivity contribution in [2.75, 3.05) is 7.11 Å². The van der Waals surface area contributed by atoms with Crippen molar-refractivity contribution >= 4 is 11.9 Å². The van der Waals surface area contributed by atoms with Crippen molar-refractivity contribution in [3.63, 3.8) is 0 Å². The van der Waals surface area contributed by atoms with Gasteiger partial charge in [-0.1, -0.05) is 18.2 Å². The van der Waals surface area contributed by atoms with E-state index in [0.717, 1.165) is 5.56 Å².